The van der Waals surface area contributed by atoms with Gasteiger partial charge >= 0.3 is 12.1 Å². The molecule has 5 rings (SSSR count). The third kappa shape index (κ3) is 9.53. The van der Waals surface area contributed by atoms with Crippen molar-refractivity contribution in [2.75, 3.05) is 6.54 Å². The number of carboxylic acids is 1. The Hall–Kier alpha value is -4.30. The minimum Gasteiger partial charge on any atom is -0.480 e. The summed E-state index contributed by atoms with van der Waals surface area (Å²) in [5.74, 6) is -2.31. The van der Waals surface area contributed by atoms with Crippen molar-refractivity contribution < 1.29 is 29.0 Å². The van der Waals surface area contributed by atoms with E-state index in [1.165, 1.54) is 32.3 Å². The highest BCUT2D eigenvalue weighted by Gasteiger charge is 2.44. The van der Waals surface area contributed by atoms with Crippen molar-refractivity contribution in [3.05, 3.63) is 62.4 Å². The smallest absolute Gasteiger partial charge is 0.408 e. The zero-order valence-corrected chi connectivity index (χ0v) is 30.8. The molecule has 1 saturated heterocycles. The number of aromatic nitrogens is 2. The van der Waals surface area contributed by atoms with Crippen LogP contribution >= 0.6 is 22.7 Å². The summed E-state index contributed by atoms with van der Waals surface area (Å²) in [7, 11) is 0. The van der Waals surface area contributed by atoms with Gasteiger partial charge < -0.3 is 25.4 Å². The zero-order valence-electron chi connectivity index (χ0n) is 29.1. The molecule has 51 heavy (non-hydrogen) atoms. The second kappa shape index (κ2) is 18.3. The van der Waals surface area contributed by atoms with Crippen LogP contribution in [-0.4, -0.2) is 74.4 Å². The first-order valence-corrected chi connectivity index (χ1v) is 19.7. The topological polar surface area (TPSA) is 160 Å². The second-order valence-corrected chi connectivity index (χ2v) is 14.7. The number of amides is 3. The largest absolute Gasteiger partial charge is 0.480 e. The summed E-state index contributed by atoms with van der Waals surface area (Å²) in [5, 5.41) is 27.3. The van der Waals surface area contributed by atoms with Crippen molar-refractivity contribution in [2.24, 2.45) is 0 Å². The lowest BCUT2D eigenvalue weighted by atomic mass is 10.0. The van der Waals surface area contributed by atoms with Gasteiger partial charge in [-0.05, 0) is 103 Å². The normalized spacial score (nSPS) is 18.9. The van der Waals surface area contributed by atoms with E-state index < -0.39 is 48.0 Å². The van der Waals surface area contributed by atoms with Crippen LogP contribution in [0.15, 0.2) is 56.8 Å². The molecule has 3 amide bonds. The van der Waals surface area contributed by atoms with E-state index in [-0.39, 0.29) is 31.0 Å². The number of carbonyl (C=O) groups excluding carboxylic acids is 3. The Morgan fingerprint density at radius 2 is 1.76 bits per heavy atom. The number of allylic oxidation sites excluding steroid dienone is 2. The van der Waals surface area contributed by atoms with Gasteiger partial charge in [-0.2, -0.15) is 27.8 Å². The Bertz CT molecular complexity index is 1720. The summed E-state index contributed by atoms with van der Waals surface area (Å²) < 4.78 is 6.99. The molecule has 4 heterocycles. The van der Waals surface area contributed by atoms with Gasteiger partial charge in [0.25, 0.3) is 5.56 Å². The molecule has 0 aromatic carbocycles. The number of ether oxygens (including phenoxy) is 1. The summed E-state index contributed by atoms with van der Waals surface area (Å²) in [6.07, 6.45) is 12.2. The fourth-order valence-electron chi connectivity index (χ4n) is 6.88. The predicted molar refractivity (Wildman–Crippen MR) is 198 cm³/mol. The van der Waals surface area contributed by atoms with E-state index in [0.29, 0.717) is 24.0 Å². The second-order valence-electron chi connectivity index (χ2n) is 13.1. The Balaban J connectivity index is 1.46. The molecule has 12 nitrogen and oxygen atoms in total. The number of aliphatic carboxylic acids is 1. The van der Waals surface area contributed by atoms with Crippen LogP contribution in [0.25, 0.3) is 22.3 Å². The quantitative estimate of drug-likeness (QED) is 0.113. The van der Waals surface area contributed by atoms with Crippen LogP contribution in [0.3, 0.4) is 0 Å². The molecule has 2 aliphatic rings. The number of carbonyl (C=O) groups is 4. The van der Waals surface area contributed by atoms with Crippen molar-refractivity contribution in [2.45, 2.75) is 115 Å². The van der Waals surface area contributed by atoms with Gasteiger partial charge in [-0.25, -0.2) is 14.3 Å². The number of likely N-dealkylation sites (tertiary alicyclic amines) is 1. The average molecular weight is 738 g/mol. The van der Waals surface area contributed by atoms with Gasteiger partial charge in [0.2, 0.25) is 11.8 Å². The van der Waals surface area contributed by atoms with E-state index in [4.69, 9.17) is 4.74 Å². The lowest BCUT2D eigenvalue weighted by molar-refractivity contribution is -0.144. The van der Waals surface area contributed by atoms with Crippen LogP contribution in [0.5, 0.6) is 0 Å². The Kier molecular flexibility index (Phi) is 13.6. The number of rotatable bonds is 16. The SMILES string of the molecule is C/C=C\CCCCC[C@H](NC(=O)OC1CCCC1)C(=O)N1C[C@H](n2ncc(-c3ccsc3)c(-c3ccsc3)c2=O)C[C@H]1C(=O)N[C@@H](CC)C(=O)O. The summed E-state index contributed by atoms with van der Waals surface area (Å²) >= 11 is 2.98. The Labute approximate surface area is 305 Å². The number of nitrogens with zero attached hydrogens (tertiary/aromatic N) is 3. The molecule has 0 spiro atoms. The lowest BCUT2D eigenvalue weighted by Gasteiger charge is -2.29. The fraction of sp³-hybridized carbons (Fsp3) is 0.514. The van der Waals surface area contributed by atoms with Gasteiger partial charge in [-0.3, -0.25) is 14.4 Å². The Morgan fingerprint density at radius 1 is 1.04 bits per heavy atom. The highest BCUT2D eigenvalue weighted by atomic mass is 32.1. The molecule has 14 heteroatoms. The first-order chi connectivity index (χ1) is 24.7. The van der Waals surface area contributed by atoms with Crippen LogP contribution in [0.1, 0.15) is 90.5 Å². The summed E-state index contributed by atoms with van der Waals surface area (Å²) in [6, 6.07) is -0.132. The van der Waals surface area contributed by atoms with Crippen LogP contribution < -0.4 is 16.2 Å². The highest BCUT2D eigenvalue weighted by Crippen LogP contribution is 2.34. The van der Waals surface area contributed by atoms with Crippen LogP contribution in [0.2, 0.25) is 0 Å². The highest BCUT2D eigenvalue weighted by molar-refractivity contribution is 7.08. The van der Waals surface area contributed by atoms with Crippen molar-refractivity contribution in [1.29, 1.82) is 0 Å². The molecule has 1 saturated carbocycles. The zero-order chi connectivity index (χ0) is 36.3. The molecule has 3 aromatic rings. The van der Waals surface area contributed by atoms with Crippen LogP contribution in [0.4, 0.5) is 4.79 Å². The van der Waals surface area contributed by atoms with Gasteiger partial charge in [0, 0.05) is 18.5 Å². The molecular weight excluding hydrogens is 691 g/mol. The molecule has 0 unspecified atom stereocenters. The van der Waals surface area contributed by atoms with Crippen molar-refractivity contribution in [3.63, 3.8) is 0 Å². The third-order valence-electron chi connectivity index (χ3n) is 9.64. The molecule has 1 aliphatic carbocycles. The summed E-state index contributed by atoms with van der Waals surface area (Å²) in [6.45, 7) is 3.58. The standard InChI is InChI=1S/C37H47N5O7S2/c1-3-5-6-7-8-9-14-30(40-37(48)49-27-12-10-11-13-27)34(44)41-21-26(19-31(41)33(43)39-29(4-2)36(46)47)42-35(45)32(25-16-18-51-23-25)28(20-38-42)24-15-17-50-22-24/h3,5,15-18,20,22-23,26-27,29-31H,4,6-14,19,21H2,1-2H3,(H,39,43)(H,40,48)(H,46,47)/b5-3-/t26-,29+,30+,31+/m1/s1. The maximum atomic E-state index is 14.5. The number of hydrogen-bond acceptors (Lipinski definition) is 9. The van der Waals surface area contributed by atoms with E-state index >= 15 is 0 Å². The fourth-order valence-corrected chi connectivity index (χ4v) is 8.19. The van der Waals surface area contributed by atoms with Gasteiger partial charge in [0.05, 0.1) is 17.8 Å². The van der Waals surface area contributed by atoms with E-state index in [0.717, 1.165) is 56.1 Å². The number of thiophene rings is 2. The lowest BCUT2D eigenvalue weighted by Crippen LogP contribution is -2.55. The maximum absolute atomic E-state index is 14.5. The van der Waals surface area contributed by atoms with Crippen molar-refractivity contribution in [3.8, 4) is 22.3 Å². The minimum absolute atomic E-state index is 0.0317. The molecular formula is C37H47N5O7S2. The predicted octanol–water partition coefficient (Wildman–Crippen LogP) is 6.39. The average Bonchev–Trinajstić information content (AvgIpc) is 3.95. The Morgan fingerprint density at radius 3 is 2.41 bits per heavy atom. The molecule has 274 valence electrons. The van der Waals surface area contributed by atoms with E-state index in [2.05, 4.69) is 21.8 Å². The molecule has 4 atom stereocenters. The molecule has 3 aromatic heterocycles. The maximum Gasteiger partial charge on any atom is 0.408 e. The van der Waals surface area contributed by atoms with Gasteiger partial charge in [0.1, 0.15) is 24.2 Å². The first kappa shape index (κ1) is 37.9. The number of hydrogen-bond donors (Lipinski definition) is 3. The van der Waals surface area contributed by atoms with E-state index in [1.807, 2.05) is 46.7 Å². The van der Waals surface area contributed by atoms with Gasteiger partial charge in [-0.15, -0.1) is 0 Å². The van der Waals surface area contributed by atoms with Crippen molar-refractivity contribution in [1.82, 2.24) is 25.3 Å². The minimum atomic E-state index is -1.19. The van der Waals surface area contributed by atoms with E-state index in [9.17, 15) is 29.1 Å². The number of nitrogens with one attached hydrogen (secondary N) is 2. The van der Waals surface area contributed by atoms with Crippen LogP contribution in [0, 0.1) is 0 Å². The third-order valence-corrected chi connectivity index (χ3v) is 11.0. The number of alkyl carbamates (subject to hydrolysis) is 1. The van der Waals surface area contributed by atoms with Gasteiger partial charge in [-0.1, -0.05) is 31.9 Å². The molecule has 1 aliphatic heterocycles. The van der Waals surface area contributed by atoms with Crippen molar-refractivity contribution >= 4 is 46.6 Å². The first-order valence-electron chi connectivity index (χ1n) is 17.8. The molecule has 2 fully saturated rings. The van der Waals surface area contributed by atoms with E-state index in [1.54, 1.807) is 13.1 Å². The summed E-state index contributed by atoms with van der Waals surface area (Å²) in [4.78, 5) is 68.9. The number of unbranched alkanes of at least 4 members (excludes halogenated alkanes) is 3. The van der Waals surface area contributed by atoms with Gasteiger partial charge in [0.15, 0.2) is 0 Å². The number of carboxylic acid groups (broad SMARTS) is 1. The summed E-state index contributed by atoms with van der Waals surface area (Å²) in [5.41, 5.74) is 2.40. The molecule has 3 N–H and O–H groups in total. The molecule has 0 radical (unpaired) electrons. The molecule has 0 bridgehead atoms. The van der Waals surface area contributed by atoms with Crippen LogP contribution in [-0.2, 0) is 19.1 Å². The monoisotopic (exact) mass is 737 g/mol.